The predicted octanol–water partition coefficient (Wildman–Crippen LogP) is 6.64. The molecule has 0 aliphatic carbocycles. The smallest absolute Gasteiger partial charge is 0.199 e. The molecule has 1 fully saturated rings. The summed E-state index contributed by atoms with van der Waals surface area (Å²) < 4.78 is 12.1. The summed E-state index contributed by atoms with van der Waals surface area (Å²) in [5.74, 6) is 0.889. The normalized spacial score (nSPS) is 17.4. The molecule has 1 N–H and O–H groups in total. The van der Waals surface area contributed by atoms with Crippen LogP contribution in [0.2, 0.25) is 0 Å². The van der Waals surface area contributed by atoms with Crippen molar-refractivity contribution < 1.29 is 9.47 Å². The molecule has 0 saturated carbocycles. The fraction of sp³-hybridized carbons (Fsp3) is 0.360. The van der Waals surface area contributed by atoms with Gasteiger partial charge in [-0.25, -0.2) is 0 Å². The van der Waals surface area contributed by atoms with Crippen molar-refractivity contribution >= 4 is 10.9 Å². The van der Waals surface area contributed by atoms with Crippen molar-refractivity contribution in [2.24, 2.45) is 0 Å². The largest absolute Gasteiger partial charge is 0.464 e. The van der Waals surface area contributed by atoms with Crippen LogP contribution in [0.3, 0.4) is 0 Å². The molecule has 0 spiro atoms. The minimum Gasteiger partial charge on any atom is -0.464 e. The van der Waals surface area contributed by atoms with Gasteiger partial charge in [-0.05, 0) is 49.4 Å². The lowest BCUT2D eigenvalue weighted by Gasteiger charge is -2.24. The molecule has 3 aromatic rings. The summed E-state index contributed by atoms with van der Waals surface area (Å²) in [4.78, 5) is 3.64. The van der Waals surface area contributed by atoms with Gasteiger partial charge in [0.05, 0.1) is 12.3 Å². The first-order valence-electron chi connectivity index (χ1n) is 10.5. The van der Waals surface area contributed by atoms with Crippen LogP contribution in [0.5, 0.6) is 5.75 Å². The van der Waals surface area contributed by atoms with Crippen LogP contribution >= 0.6 is 0 Å². The van der Waals surface area contributed by atoms with E-state index < -0.39 is 0 Å². The van der Waals surface area contributed by atoms with E-state index in [9.17, 15) is 0 Å². The summed E-state index contributed by atoms with van der Waals surface area (Å²) >= 11 is 0. The number of unbranched alkanes of at least 4 members (excludes halogenated alkanes) is 1. The third-order valence-corrected chi connectivity index (χ3v) is 5.31. The molecule has 2 aromatic carbocycles. The monoisotopic (exact) mass is 375 g/mol. The summed E-state index contributed by atoms with van der Waals surface area (Å²) in [6.45, 7) is 3.00. The zero-order chi connectivity index (χ0) is 19.2. The Bertz CT molecular complexity index is 935. The van der Waals surface area contributed by atoms with Crippen molar-refractivity contribution in [2.75, 3.05) is 6.61 Å². The first-order valence-corrected chi connectivity index (χ1v) is 10.5. The number of nitrogens with one attached hydrogen (secondary N) is 1. The molecule has 3 heteroatoms. The lowest BCUT2D eigenvalue weighted by Crippen LogP contribution is -2.25. The molecule has 1 aliphatic rings. The van der Waals surface area contributed by atoms with E-state index in [4.69, 9.17) is 9.47 Å². The van der Waals surface area contributed by atoms with Gasteiger partial charge in [0.1, 0.15) is 5.75 Å². The quantitative estimate of drug-likeness (QED) is 0.470. The number of benzene rings is 2. The summed E-state index contributed by atoms with van der Waals surface area (Å²) in [7, 11) is 0. The molecule has 1 unspecified atom stereocenters. The van der Waals surface area contributed by atoms with Crippen LogP contribution in [0.15, 0.2) is 60.7 Å². The number of ether oxygens (including phenoxy) is 2. The van der Waals surface area contributed by atoms with Gasteiger partial charge < -0.3 is 14.5 Å². The summed E-state index contributed by atoms with van der Waals surface area (Å²) in [6.07, 6.45) is 10.9. The lowest BCUT2D eigenvalue weighted by molar-refractivity contribution is -0.105. The van der Waals surface area contributed by atoms with Crippen LogP contribution in [-0.4, -0.2) is 17.9 Å². The molecule has 2 heterocycles. The van der Waals surface area contributed by atoms with Gasteiger partial charge in [-0.15, -0.1) is 0 Å². The number of allylic oxidation sites excluding steroid dienone is 2. The van der Waals surface area contributed by atoms with E-state index in [1.165, 1.54) is 22.9 Å². The molecule has 4 rings (SSSR count). The third-order valence-electron chi connectivity index (χ3n) is 5.31. The Balaban J connectivity index is 1.72. The highest BCUT2D eigenvalue weighted by Crippen LogP contribution is 2.37. The first-order chi connectivity index (χ1) is 13.9. The maximum absolute atomic E-state index is 6.27. The van der Waals surface area contributed by atoms with Gasteiger partial charge in [-0.1, -0.05) is 55.8 Å². The Kier molecular flexibility index (Phi) is 6.13. The van der Waals surface area contributed by atoms with Crippen molar-refractivity contribution in [3.8, 4) is 17.0 Å². The van der Waals surface area contributed by atoms with Gasteiger partial charge in [0.25, 0.3) is 0 Å². The average molecular weight is 376 g/mol. The number of aromatic nitrogens is 1. The molecule has 3 nitrogen and oxygen atoms in total. The first kappa shape index (κ1) is 18.8. The SMILES string of the molecule is CCC/C=C/Cc1c(-c2ccccc2OC2CCCCO2)[nH]c2ccccc12. The second-order valence-electron chi connectivity index (χ2n) is 7.40. The second-order valence-corrected chi connectivity index (χ2v) is 7.40. The van der Waals surface area contributed by atoms with Crippen molar-refractivity contribution in [1.29, 1.82) is 0 Å². The highest BCUT2D eigenvalue weighted by atomic mass is 16.7. The van der Waals surface area contributed by atoms with Gasteiger partial charge in [0, 0.05) is 22.9 Å². The third kappa shape index (κ3) is 4.15. The Labute approximate surface area is 167 Å². The van der Waals surface area contributed by atoms with E-state index >= 15 is 0 Å². The van der Waals surface area contributed by atoms with Gasteiger partial charge in [0.15, 0.2) is 6.29 Å². The fourth-order valence-electron chi connectivity index (χ4n) is 3.85. The van der Waals surface area contributed by atoms with E-state index in [1.807, 2.05) is 6.07 Å². The minimum atomic E-state index is -0.146. The topological polar surface area (TPSA) is 34.2 Å². The number of H-pyrrole nitrogens is 1. The molecule has 0 amide bonds. The summed E-state index contributed by atoms with van der Waals surface area (Å²) in [5.41, 5.74) is 4.74. The van der Waals surface area contributed by atoms with Gasteiger partial charge in [-0.3, -0.25) is 0 Å². The van der Waals surface area contributed by atoms with Crippen LogP contribution in [-0.2, 0) is 11.2 Å². The average Bonchev–Trinajstić information content (AvgIpc) is 3.11. The summed E-state index contributed by atoms with van der Waals surface area (Å²) in [5, 5.41) is 1.28. The second kappa shape index (κ2) is 9.11. The number of aromatic amines is 1. The van der Waals surface area contributed by atoms with Crippen LogP contribution in [0.4, 0.5) is 0 Å². The maximum Gasteiger partial charge on any atom is 0.199 e. The van der Waals surface area contributed by atoms with E-state index in [0.29, 0.717) is 0 Å². The van der Waals surface area contributed by atoms with Gasteiger partial charge in [0.2, 0.25) is 0 Å². The van der Waals surface area contributed by atoms with Crippen LogP contribution in [0, 0.1) is 0 Å². The molecular weight excluding hydrogens is 346 g/mol. The predicted molar refractivity (Wildman–Crippen MR) is 116 cm³/mol. The van der Waals surface area contributed by atoms with Crippen LogP contribution in [0.25, 0.3) is 22.2 Å². The molecule has 1 saturated heterocycles. The van der Waals surface area contributed by atoms with E-state index in [2.05, 4.69) is 66.5 Å². The number of hydrogen-bond acceptors (Lipinski definition) is 2. The fourth-order valence-corrected chi connectivity index (χ4v) is 3.85. The Morgan fingerprint density at radius 3 is 2.79 bits per heavy atom. The lowest BCUT2D eigenvalue weighted by atomic mass is 10.0. The standard InChI is InChI=1S/C25H29NO2/c1-2-3-4-5-13-20-19-12-6-8-15-22(19)26-25(20)21-14-7-9-16-23(21)28-24-17-10-11-18-27-24/h4-9,12,14-16,24,26H,2-3,10-11,13,17-18H2,1H3/b5-4+. The maximum atomic E-state index is 6.27. The zero-order valence-electron chi connectivity index (χ0n) is 16.6. The van der Waals surface area contributed by atoms with Gasteiger partial charge >= 0.3 is 0 Å². The molecule has 1 atom stereocenters. The number of fused-ring (bicyclic) bond motifs is 1. The van der Waals surface area contributed by atoms with Crippen molar-refractivity contribution in [3.63, 3.8) is 0 Å². The Morgan fingerprint density at radius 1 is 1.07 bits per heavy atom. The Morgan fingerprint density at radius 2 is 1.93 bits per heavy atom. The molecule has 0 bridgehead atoms. The molecule has 28 heavy (non-hydrogen) atoms. The van der Waals surface area contributed by atoms with Crippen molar-refractivity contribution in [2.45, 2.75) is 51.7 Å². The molecular formula is C25H29NO2. The minimum absolute atomic E-state index is 0.146. The van der Waals surface area contributed by atoms with E-state index in [0.717, 1.165) is 55.7 Å². The van der Waals surface area contributed by atoms with Crippen LogP contribution < -0.4 is 4.74 Å². The molecule has 0 radical (unpaired) electrons. The highest BCUT2D eigenvalue weighted by Gasteiger charge is 2.20. The van der Waals surface area contributed by atoms with E-state index in [1.54, 1.807) is 0 Å². The number of rotatable bonds is 7. The van der Waals surface area contributed by atoms with E-state index in [-0.39, 0.29) is 6.29 Å². The molecule has 146 valence electrons. The number of para-hydroxylation sites is 2. The Hall–Kier alpha value is -2.52. The van der Waals surface area contributed by atoms with Gasteiger partial charge in [-0.2, -0.15) is 0 Å². The molecule has 1 aliphatic heterocycles. The highest BCUT2D eigenvalue weighted by molar-refractivity contribution is 5.92. The van der Waals surface area contributed by atoms with Crippen molar-refractivity contribution in [1.82, 2.24) is 4.98 Å². The van der Waals surface area contributed by atoms with Crippen LogP contribution in [0.1, 0.15) is 44.6 Å². The zero-order valence-corrected chi connectivity index (χ0v) is 16.6. The summed E-state index contributed by atoms with van der Waals surface area (Å²) in [6, 6.07) is 16.8. The van der Waals surface area contributed by atoms with Crippen molar-refractivity contribution in [3.05, 3.63) is 66.2 Å². The number of hydrogen-bond donors (Lipinski definition) is 1. The molecule has 1 aromatic heterocycles.